The van der Waals surface area contributed by atoms with Crippen LogP contribution in [0.1, 0.15) is 144 Å². The number of hydrogen-bond donors (Lipinski definition) is 0. The zero-order chi connectivity index (χ0) is 19.9. The molecular weight excluding hydrogens is 484 g/mol. The van der Waals surface area contributed by atoms with E-state index in [1.165, 1.54) is 109 Å². The van der Waals surface area contributed by atoms with Gasteiger partial charge >= 0.3 is 34.1 Å². The Balaban J connectivity index is -0.0000000703. The Morgan fingerprint density at radius 3 is 0.848 bits per heavy atom. The molecule has 4 fully saturated rings. The summed E-state index contributed by atoms with van der Waals surface area (Å²) < 4.78 is 0. The monoisotopic (exact) mass is 550 g/mol. The average Bonchev–Trinajstić information content (AvgIpc) is 3.46. The van der Waals surface area contributed by atoms with Crippen LogP contribution < -0.4 is 0 Å². The summed E-state index contributed by atoms with van der Waals surface area (Å²) in [5.41, 5.74) is 0. The summed E-state index contributed by atoms with van der Waals surface area (Å²) in [6.07, 6.45) is 25.2. The van der Waals surface area contributed by atoms with Gasteiger partial charge in [0, 0.05) is 0 Å². The molecule has 4 saturated carbocycles. The second-order valence-electron chi connectivity index (χ2n) is 10.3. The fourth-order valence-corrected chi connectivity index (χ4v) is 5.67. The second-order valence-corrected chi connectivity index (χ2v) is 10.3. The summed E-state index contributed by atoms with van der Waals surface area (Å²) in [5, 5.41) is 0. The molecular formula is C31H66Fe2. The van der Waals surface area contributed by atoms with Gasteiger partial charge in [-0.2, -0.15) is 0 Å². The van der Waals surface area contributed by atoms with Crippen LogP contribution in [0, 0.1) is 59.3 Å². The van der Waals surface area contributed by atoms with Crippen molar-refractivity contribution in [2.45, 2.75) is 144 Å². The minimum Gasteiger partial charge on any atom is -0.358 e. The van der Waals surface area contributed by atoms with Crippen LogP contribution in [-0.2, 0) is 34.1 Å². The van der Waals surface area contributed by atoms with Gasteiger partial charge in [0.25, 0.3) is 0 Å². The van der Waals surface area contributed by atoms with Crippen LogP contribution in [0.3, 0.4) is 0 Å². The molecule has 33 heavy (non-hydrogen) atoms. The maximum atomic E-state index is 2.39. The van der Waals surface area contributed by atoms with Gasteiger partial charge in [0.1, 0.15) is 0 Å². The van der Waals surface area contributed by atoms with Gasteiger partial charge in [-0.05, 0) is 29.6 Å². The van der Waals surface area contributed by atoms with Crippen molar-refractivity contribution in [3.8, 4) is 0 Å². The van der Waals surface area contributed by atoms with E-state index in [4.69, 9.17) is 0 Å². The van der Waals surface area contributed by atoms with E-state index in [2.05, 4.69) is 34.6 Å². The molecule has 0 aromatic rings. The van der Waals surface area contributed by atoms with Crippen LogP contribution in [-0.4, -0.2) is 0 Å². The Labute approximate surface area is 236 Å². The second kappa shape index (κ2) is 31.1. The first-order valence-electron chi connectivity index (χ1n) is 13.1. The van der Waals surface area contributed by atoms with Crippen molar-refractivity contribution in [3.05, 3.63) is 29.7 Å². The zero-order valence-electron chi connectivity index (χ0n) is 24.6. The summed E-state index contributed by atoms with van der Waals surface area (Å²) >= 11 is 0. The van der Waals surface area contributed by atoms with Crippen molar-refractivity contribution < 1.29 is 34.1 Å². The molecule has 0 heterocycles. The number of hydrogen-bond acceptors (Lipinski definition) is 0. The maximum Gasteiger partial charge on any atom is 2.00 e. The first-order valence-corrected chi connectivity index (χ1v) is 13.1. The molecule has 4 aliphatic rings. The molecule has 0 amide bonds. The summed E-state index contributed by atoms with van der Waals surface area (Å²) in [7, 11) is 0. The van der Waals surface area contributed by atoms with Gasteiger partial charge in [0.05, 0.1) is 0 Å². The van der Waals surface area contributed by atoms with Crippen LogP contribution in [0.2, 0.25) is 0 Å². The van der Waals surface area contributed by atoms with Crippen LogP contribution in [0.5, 0.6) is 0 Å². The third-order valence-corrected chi connectivity index (χ3v) is 8.02. The van der Waals surface area contributed by atoms with Gasteiger partial charge in [-0.3, -0.25) is 0 Å². The van der Waals surface area contributed by atoms with Crippen molar-refractivity contribution in [1.29, 1.82) is 0 Å². The molecule has 0 N–H and O–H groups in total. The normalized spacial score (nSPS) is 26.8. The Morgan fingerprint density at radius 1 is 0.424 bits per heavy atom. The van der Waals surface area contributed by atoms with E-state index in [0.29, 0.717) is 0 Å². The molecule has 0 aromatic heterocycles. The average molecular weight is 551 g/mol. The Kier molecular flexibility index (Phi) is 44.5. The third-order valence-electron chi connectivity index (χ3n) is 8.02. The molecule has 4 atom stereocenters. The predicted octanol–water partition coefficient (Wildman–Crippen LogP) is 11.6. The van der Waals surface area contributed by atoms with Gasteiger partial charge in [0.15, 0.2) is 0 Å². The van der Waals surface area contributed by atoms with Crippen molar-refractivity contribution in [1.82, 2.24) is 0 Å². The molecule has 0 spiro atoms. The summed E-state index contributed by atoms with van der Waals surface area (Å²) in [6.45, 7) is 11.7. The van der Waals surface area contributed by atoms with Crippen molar-refractivity contribution >= 4 is 0 Å². The molecule has 4 unspecified atom stereocenters. The molecule has 206 valence electrons. The molecule has 2 heteroatoms. The van der Waals surface area contributed by atoms with Crippen LogP contribution in [0.25, 0.3) is 0 Å². The van der Waals surface area contributed by atoms with E-state index < -0.39 is 0 Å². The standard InChI is InChI=1S/2C8H16.C6H12.C5H10.4CH3.2Fe/c2*1-3-8-6-4-5-7(8)2;1-6-4-2-3-5-6;1-2-4-5-3-1;;;;;;/h2*7-8H,3-6H2,1-2H3;6H,2-5H2,1H3;1-5H2;4*1H3;;/q;;;;4*-1;2*+2. The van der Waals surface area contributed by atoms with E-state index in [9.17, 15) is 0 Å². The maximum absolute atomic E-state index is 2.39. The molecule has 0 bridgehead atoms. The van der Waals surface area contributed by atoms with Crippen LogP contribution in [0.4, 0.5) is 0 Å². The van der Waals surface area contributed by atoms with E-state index >= 15 is 0 Å². The SMILES string of the molecule is C1CCCC1.CC1CCCC1.CCC1CCCC1C.CCC1CCCC1C.[CH3-].[CH3-].[CH3-].[CH3-].[Fe+2].[Fe+2]. The molecule has 0 radical (unpaired) electrons. The fourth-order valence-electron chi connectivity index (χ4n) is 5.67. The van der Waals surface area contributed by atoms with E-state index in [0.717, 1.165) is 29.6 Å². The first-order chi connectivity index (χ1) is 13.1. The topological polar surface area (TPSA) is 0 Å². The van der Waals surface area contributed by atoms with Gasteiger partial charge in [-0.25, -0.2) is 0 Å². The molecule has 0 saturated heterocycles. The van der Waals surface area contributed by atoms with Crippen molar-refractivity contribution in [2.24, 2.45) is 29.6 Å². The minimum absolute atomic E-state index is 0. The smallest absolute Gasteiger partial charge is 0.358 e. The molecule has 0 aliphatic heterocycles. The zero-order valence-corrected chi connectivity index (χ0v) is 26.8. The number of rotatable bonds is 2. The van der Waals surface area contributed by atoms with E-state index in [-0.39, 0.29) is 63.8 Å². The summed E-state index contributed by atoms with van der Waals surface area (Å²) in [6, 6.07) is 0. The Bertz CT molecular complexity index is 293. The van der Waals surface area contributed by atoms with Gasteiger partial charge in [-0.15, -0.1) is 0 Å². The minimum atomic E-state index is 0. The fraction of sp³-hybridized carbons (Fsp3) is 0.871. The Hall–Kier alpha value is 1.04. The largest absolute Gasteiger partial charge is 2.00 e. The van der Waals surface area contributed by atoms with Crippen molar-refractivity contribution in [3.63, 3.8) is 0 Å². The predicted molar refractivity (Wildman–Crippen MR) is 150 cm³/mol. The van der Waals surface area contributed by atoms with Gasteiger partial charge < -0.3 is 29.7 Å². The third kappa shape index (κ3) is 23.2. The van der Waals surface area contributed by atoms with E-state index in [1.807, 2.05) is 0 Å². The molecule has 4 aliphatic carbocycles. The van der Waals surface area contributed by atoms with Gasteiger partial charge in [0.2, 0.25) is 0 Å². The quantitative estimate of drug-likeness (QED) is 0.237. The van der Waals surface area contributed by atoms with Crippen LogP contribution >= 0.6 is 0 Å². The van der Waals surface area contributed by atoms with E-state index in [1.54, 1.807) is 0 Å². The van der Waals surface area contributed by atoms with Crippen LogP contribution in [0.15, 0.2) is 0 Å². The van der Waals surface area contributed by atoms with Gasteiger partial charge in [-0.1, -0.05) is 144 Å². The molecule has 0 aromatic carbocycles. The summed E-state index contributed by atoms with van der Waals surface area (Å²) in [5.74, 6) is 5.23. The molecule has 4 rings (SSSR count). The summed E-state index contributed by atoms with van der Waals surface area (Å²) in [4.78, 5) is 0. The van der Waals surface area contributed by atoms with Crippen molar-refractivity contribution in [2.75, 3.05) is 0 Å². The first kappa shape index (κ1) is 47.3. The Morgan fingerprint density at radius 2 is 0.727 bits per heavy atom. The molecule has 0 nitrogen and oxygen atoms in total.